The number of anilines is 1. The quantitative estimate of drug-likeness (QED) is 0.294. The molecule has 0 radical (unpaired) electrons. The van der Waals surface area contributed by atoms with E-state index in [4.69, 9.17) is 4.74 Å². The molecular weight excluding hydrogens is 522 g/mol. The van der Waals surface area contributed by atoms with Gasteiger partial charge in [-0.1, -0.05) is 69.5 Å². The molecule has 1 saturated heterocycles. The maximum absolute atomic E-state index is 12.5. The Balaban J connectivity index is 0.000000283. The summed E-state index contributed by atoms with van der Waals surface area (Å²) >= 11 is 0. The van der Waals surface area contributed by atoms with Gasteiger partial charge in [-0.05, 0) is 73.1 Å². The third-order valence-corrected chi connectivity index (χ3v) is 8.27. The van der Waals surface area contributed by atoms with Gasteiger partial charge in [0, 0.05) is 43.6 Å². The molecule has 0 bridgehead atoms. The van der Waals surface area contributed by atoms with Crippen molar-refractivity contribution in [1.82, 2.24) is 9.88 Å². The van der Waals surface area contributed by atoms with Crippen LogP contribution >= 0.6 is 0 Å². The van der Waals surface area contributed by atoms with E-state index >= 15 is 0 Å². The number of ether oxygens (including phenoxy) is 1. The van der Waals surface area contributed by atoms with Crippen LogP contribution in [-0.4, -0.2) is 53.9 Å². The highest BCUT2D eigenvalue weighted by Crippen LogP contribution is 2.37. The first-order chi connectivity index (χ1) is 20.4. The molecule has 0 N–H and O–H groups in total. The van der Waals surface area contributed by atoms with Crippen LogP contribution < -0.4 is 9.64 Å². The number of aromatic nitrogens is 1. The fourth-order valence-electron chi connectivity index (χ4n) is 6.11. The molecule has 224 valence electrons. The summed E-state index contributed by atoms with van der Waals surface area (Å²) in [7, 11) is 0. The molecule has 3 aliphatic rings. The highest BCUT2D eigenvalue weighted by molar-refractivity contribution is 6.01. The van der Waals surface area contributed by atoms with Gasteiger partial charge in [-0.3, -0.25) is 19.5 Å². The first kappa shape index (κ1) is 31.4. The number of Topliss-reactive ketones (excluding diaryl/α,β-unsaturated/α-hetero) is 1. The van der Waals surface area contributed by atoms with Gasteiger partial charge in [0.25, 0.3) is 0 Å². The Morgan fingerprint density at radius 3 is 2.52 bits per heavy atom. The molecule has 1 aromatic heterocycles. The summed E-state index contributed by atoms with van der Waals surface area (Å²) in [6.45, 7) is 11.0. The maximum Gasteiger partial charge on any atom is 0.231 e. The molecule has 6 heteroatoms. The number of hydrogen-bond acceptors (Lipinski definition) is 5. The second-order valence-electron chi connectivity index (χ2n) is 11.7. The lowest BCUT2D eigenvalue weighted by atomic mass is 9.93. The zero-order valence-corrected chi connectivity index (χ0v) is 25.9. The van der Waals surface area contributed by atoms with E-state index in [0.29, 0.717) is 31.5 Å². The van der Waals surface area contributed by atoms with Crippen molar-refractivity contribution in [1.29, 1.82) is 0 Å². The van der Waals surface area contributed by atoms with E-state index in [2.05, 4.69) is 41.9 Å². The fraction of sp³-hybridized carbons (Fsp3) is 0.472. The van der Waals surface area contributed by atoms with E-state index in [1.165, 1.54) is 36.0 Å². The number of hydrogen-bond donors (Lipinski definition) is 0. The summed E-state index contributed by atoms with van der Waals surface area (Å²) < 4.78 is 5.65. The molecule has 0 aliphatic carbocycles. The van der Waals surface area contributed by atoms with Crippen LogP contribution in [0, 0.1) is 6.92 Å². The fourth-order valence-corrected chi connectivity index (χ4v) is 6.11. The minimum Gasteiger partial charge on any atom is -0.493 e. The Kier molecular flexibility index (Phi) is 11.7. The molecule has 6 nitrogen and oxygen atoms in total. The van der Waals surface area contributed by atoms with E-state index in [-0.39, 0.29) is 11.7 Å². The molecule has 2 unspecified atom stereocenters. The van der Waals surface area contributed by atoms with Gasteiger partial charge in [0.15, 0.2) is 0 Å². The highest BCUT2D eigenvalue weighted by Gasteiger charge is 2.35. The number of carbonyl (C=O) groups is 2. The number of rotatable bonds is 8. The molecule has 2 atom stereocenters. The third kappa shape index (κ3) is 8.51. The van der Waals surface area contributed by atoms with Crippen LogP contribution in [0.5, 0.6) is 5.75 Å². The normalized spacial score (nSPS) is 18.8. The predicted octanol–water partition coefficient (Wildman–Crippen LogP) is 6.93. The van der Waals surface area contributed by atoms with Crippen molar-refractivity contribution in [3.05, 3.63) is 89.2 Å². The summed E-state index contributed by atoms with van der Waals surface area (Å²) in [6, 6.07) is 18.9. The van der Waals surface area contributed by atoms with Crippen LogP contribution in [0.1, 0.15) is 81.0 Å². The molecule has 3 aromatic rings. The van der Waals surface area contributed by atoms with E-state index in [1.807, 2.05) is 54.4 Å². The van der Waals surface area contributed by atoms with Gasteiger partial charge < -0.3 is 9.64 Å². The number of amides is 1. The van der Waals surface area contributed by atoms with Crippen molar-refractivity contribution in [3.63, 3.8) is 0 Å². The van der Waals surface area contributed by atoms with Gasteiger partial charge in [-0.25, -0.2) is 0 Å². The molecular formula is C36H47N3O3. The van der Waals surface area contributed by atoms with Crippen molar-refractivity contribution in [2.75, 3.05) is 31.1 Å². The van der Waals surface area contributed by atoms with Gasteiger partial charge in [0.2, 0.25) is 5.91 Å². The molecule has 0 saturated carbocycles. The Hall–Kier alpha value is -3.51. The van der Waals surface area contributed by atoms with Crippen molar-refractivity contribution < 1.29 is 14.3 Å². The lowest BCUT2D eigenvalue weighted by Gasteiger charge is -2.26. The Labute approximate surface area is 252 Å². The number of likely N-dealkylation sites (tertiary alicyclic amines) is 1. The monoisotopic (exact) mass is 569 g/mol. The number of unbranched alkanes of at least 4 members (excludes halogenated alkanes) is 2. The number of carbonyl (C=O) groups excluding carboxylic acids is 2. The van der Waals surface area contributed by atoms with Crippen molar-refractivity contribution >= 4 is 17.4 Å². The van der Waals surface area contributed by atoms with Gasteiger partial charge >= 0.3 is 0 Å². The van der Waals surface area contributed by atoms with Crippen LogP contribution in [0.3, 0.4) is 0 Å². The van der Waals surface area contributed by atoms with Crippen molar-refractivity contribution in [2.24, 2.45) is 0 Å². The van der Waals surface area contributed by atoms with Crippen molar-refractivity contribution in [3.8, 4) is 5.75 Å². The first-order valence-electron chi connectivity index (χ1n) is 15.6. The summed E-state index contributed by atoms with van der Waals surface area (Å²) in [5.74, 6) is 1.81. The molecule has 0 spiro atoms. The topological polar surface area (TPSA) is 62.7 Å². The number of aryl methyl sites for hydroxylation is 1. The average molecular weight is 570 g/mol. The third-order valence-electron chi connectivity index (χ3n) is 8.27. The highest BCUT2D eigenvalue weighted by atomic mass is 16.5. The molecule has 42 heavy (non-hydrogen) atoms. The van der Waals surface area contributed by atoms with Gasteiger partial charge in [0.05, 0.1) is 19.6 Å². The summed E-state index contributed by atoms with van der Waals surface area (Å²) in [5, 5.41) is 0. The lowest BCUT2D eigenvalue weighted by molar-refractivity contribution is -0.119. The Morgan fingerprint density at radius 1 is 1.05 bits per heavy atom. The minimum atomic E-state index is 0.183. The minimum absolute atomic E-state index is 0.183. The number of fused-ring (bicyclic) bond motifs is 2. The van der Waals surface area contributed by atoms with Gasteiger partial charge in [-0.15, -0.1) is 0 Å². The number of benzene rings is 2. The number of pyridine rings is 1. The number of ketones is 1. The second kappa shape index (κ2) is 15.6. The Morgan fingerprint density at radius 2 is 1.86 bits per heavy atom. The zero-order chi connectivity index (χ0) is 29.9. The average Bonchev–Trinajstić information content (AvgIpc) is 3.69. The molecule has 6 rings (SSSR count). The molecule has 3 aliphatic heterocycles. The van der Waals surface area contributed by atoms with Crippen LogP contribution in [-0.2, 0) is 22.4 Å². The smallest absolute Gasteiger partial charge is 0.231 e. The molecule has 2 aromatic carbocycles. The molecule has 1 fully saturated rings. The van der Waals surface area contributed by atoms with Crippen molar-refractivity contribution in [2.45, 2.75) is 84.6 Å². The van der Waals surface area contributed by atoms with E-state index in [1.54, 1.807) is 13.1 Å². The van der Waals surface area contributed by atoms with E-state index in [9.17, 15) is 9.59 Å². The molecule has 1 amide bonds. The van der Waals surface area contributed by atoms with E-state index < -0.39 is 0 Å². The van der Waals surface area contributed by atoms with E-state index in [0.717, 1.165) is 49.4 Å². The summed E-state index contributed by atoms with van der Waals surface area (Å²) in [5.41, 5.74) is 6.02. The number of para-hydroxylation sites is 1. The second-order valence-corrected chi connectivity index (χ2v) is 11.7. The van der Waals surface area contributed by atoms with Gasteiger partial charge in [0.1, 0.15) is 11.5 Å². The summed E-state index contributed by atoms with van der Waals surface area (Å²) in [6.07, 6.45) is 11.1. The molecule has 4 heterocycles. The summed E-state index contributed by atoms with van der Waals surface area (Å²) in [4.78, 5) is 32.6. The van der Waals surface area contributed by atoms with Crippen LogP contribution in [0.15, 0.2) is 67.0 Å². The lowest BCUT2D eigenvalue weighted by Crippen LogP contribution is -2.37. The van der Waals surface area contributed by atoms with Crippen LogP contribution in [0.2, 0.25) is 0 Å². The number of nitrogens with zero attached hydrogens (tertiary/aromatic N) is 3. The predicted molar refractivity (Wildman–Crippen MR) is 170 cm³/mol. The van der Waals surface area contributed by atoms with Crippen LogP contribution in [0.4, 0.5) is 5.69 Å². The van der Waals surface area contributed by atoms with Crippen LogP contribution in [0.25, 0.3) is 0 Å². The largest absolute Gasteiger partial charge is 0.493 e. The zero-order valence-electron chi connectivity index (χ0n) is 25.9. The van der Waals surface area contributed by atoms with Gasteiger partial charge in [-0.2, -0.15) is 0 Å². The standard InChI is InChI=1S/C25H28N2O3.C6H7N.C5H12/c1-17(28)15-26-16-21(18-6-7-24-20(12-18)9-11-30-24)13-22(26)8-10-27-23-5-3-2-4-19(23)14-25(27)29;1-6-3-2-4-7-5-6;1-3-5-4-2/h2-7,12,21-22H,8-11,13-16H2,1H3;2-5H,1H3;3-5H2,1-2H3. The maximum atomic E-state index is 12.5. The first-order valence-corrected chi connectivity index (χ1v) is 15.6. The Bertz CT molecular complexity index is 1310. The SMILES string of the molecule is CC(=O)CN1CC(c2ccc3c(c2)CCO3)CC1CCN1C(=O)Cc2ccccc21.CCCCC.Cc1cccnc1.